The van der Waals surface area contributed by atoms with E-state index in [9.17, 15) is 0 Å². The molecular weight excluding hydrogens is 264 g/mol. The van der Waals surface area contributed by atoms with Gasteiger partial charge in [-0.1, -0.05) is 6.92 Å². The summed E-state index contributed by atoms with van der Waals surface area (Å²) in [5.74, 6) is 3.59. The zero-order valence-electron chi connectivity index (χ0n) is 13.1. The van der Waals surface area contributed by atoms with Gasteiger partial charge in [-0.3, -0.25) is 0 Å². The van der Waals surface area contributed by atoms with E-state index < -0.39 is 0 Å². The summed E-state index contributed by atoms with van der Waals surface area (Å²) in [5.41, 5.74) is 1.14. The maximum Gasteiger partial charge on any atom is 0.136 e. The molecule has 1 saturated carbocycles. The summed E-state index contributed by atoms with van der Waals surface area (Å²) in [7, 11) is 0. The van der Waals surface area contributed by atoms with Crippen molar-refractivity contribution in [2.75, 3.05) is 30.4 Å². The lowest BCUT2D eigenvalue weighted by Gasteiger charge is -2.25. The predicted molar refractivity (Wildman–Crippen MR) is 85.0 cm³/mol. The van der Waals surface area contributed by atoms with Crippen molar-refractivity contribution < 1.29 is 4.74 Å². The largest absolute Gasteiger partial charge is 0.381 e. The molecule has 0 radical (unpaired) electrons. The number of nitrogens with zero attached hydrogens (tertiary/aromatic N) is 2. The minimum Gasteiger partial charge on any atom is -0.381 e. The van der Waals surface area contributed by atoms with E-state index in [0.717, 1.165) is 62.0 Å². The van der Waals surface area contributed by atoms with Crippen molar-refractivity contribution in [3.8, 4) is 0 Å². The molecule has 1 aromatic rings. The second-order valence-corrected chi connectivity index (χ2v) is 6.14. The molecule has 2 aliphatic rings. The van der Waals surface area contributed by atoms with Crippen LogP contribution in [0.3, 0.4) is 0 Å². The Morgan fingerprint density at radius 1 is 1.10 bits per heavy atom. The number of hydrogen-bond donors (Lipinski definition) is 2. The topological polar surface area (TPSA) is 59.1 Å². The summed E-state index contributed by atoms with van der Waals surface area (Å²) >= 11 is 0. The van der Waals surface area contributed by atoms with E-state index >= 15 is 0 Å². The average molecular weight is 290 g/mol. The quantitative estimate of drug-likeness (QED) is 0.843. The molecule has 5 heteroatoms. The molecule has 2 heterocycles. The fourth-order valence-corrected chi connectivity index (χ4v) is 2.65. The highest BCUT2D eigenvalue weighted by Gasteiger charge is 2.28. The lowest BCUT2D eigenvalue weighted by atomic mass is 10.1. The highest BCUT2D eigenvalue weighted by molar-refractivity contribution is 5.58. The van der Waals surface area contributed by atoms with E-state index in [1.165, 1.54) is 12.8 Å². The lowest BCUT2D eigenvalue weighted by molar-refractivity contribution is 0.0903. The summed E-state index contributed by atoms with van der Waals surface area (Å²) in [6.07, 6.45) is 5.67. The van der Waals surface area contributed by atoms with Crippen molar-refractivity contribution in [2.24, 2.45) is 0 Å². The molecule has 1 saturated heterocycles. The van der Waals surface area contributed by atoms with Crippen LogP contribution in [0.1, 0.15) is 56.3 Å². The number of rotatable bonds is 6. The van der Waals surface area contributed by atoms with Crippen LogP contribution >= 0.6 is 0 Å². The SMILES string of the molecule is CCCNc1nc(C2CC2)nc(NC2CCOCC2)c1C. The second kappa shape index (κ2) is 6.60. The van der Waals surface area contributed by atoms with Crippen molar-refractivity contribution in [1.82, 2.24) is 9.97 Å². The minimum absolute atomic E-state index is 0.471. The minimum atomic E-state index is 0.471. The molecule has 1 aliphatic carbocycles. The molecule has 2 N–H and O–H groups in total. The standard InChI is InChI=1S/C16H26N4O/c1-3-8-17-14-11(2)15(18-13-6-9-21-10-7-13)20-16(19-14)12-4-5-12/h12-13H,3-10H2,1-2H3,(H2,17,18,19,20). The molecule has 0 unspecified atom stereocenters. The molecule has 1 aliphatic heterocycles. The number of anilines is 2. The van der Waals surface area contributed by atoms with Crippen LogP contribution in [0.4, 0.5) is 11.6 Å². The van der Waals surface area contributed by atoms with Crippen LogP contribution in [-0.2, 0) is 4.74 Å². The van der Waals surface area contributed by atoms with Crippen molar-refractivity contribution in [2.45, 2.75) is 57.9 Å². The Kier molecular flexibility index (Phi) is 4.58. The van der Waals surface area contributed by atoms with E-state index in [1.54, 1.807) is 0 Å². The first kappa shape index (κ1) is 14.6. The fourth-order valence-electron chi connectivity index (χ4n) is 2.65. The van der Waals surface area contributed by atoms with Gasteiger partial charge in [0.15, 0.2) is 0 Å². The summed E-state index contributed by atoms with van der Waals surface area (Å²) in [6, 6.07) is 0.471. The predicted octanol–water partition coefficient (Wildman–Crippen LogP) is 3.08. The van der Waals surface area contributed by atoms with Crippen molar-refractivity contribution in [3.05, 3.63) is 11.4 Å². The first-order valence-corrected chi connectivity index (χ1v) is 8.24. The van der Waals surface area contributed by atoms with Crippen LogP contribution in [0, 0.1) is 6.92 Å². The molecule has 116 valence electrons. The van der Waals surface area contributed by atoms with Crippen LogP contribution < -0.4 is 10.6 Å². The van der Waals surface area contributed by atoms with Gasteiger partial charge in [-0.25, -0.2) is 9.97 Å². The van der Waals surface area contributed by atoms with Gasteiger partial charge in [0.05, 0.1) is 0 Å². The maximum atomic E-state index is 5.43. The van der Waals surface area contributed by atoms with Gasteiger partial charge in [0.1, 0.15) is 17.5 Å². The molecular formula is C16H26N4O. The third kappa shape index (κ3) is 3.64. The lowest BCUT2D eigenvalue weighted by Crippen LogP contribution is -2.29. The first-order valence-electron chi connectivity index (χ1n) is 8.24. The van der Waals surface area contributed by atoms with Gasteiger partial charge in [0, 0.05) is 37.3 Å². The van der Waals surface area contributed by atoms with Crippen molar-refractivity contribution in [3.63, 3.8) is 0 Å². The second-order valence-electron chi connectivity index (χ2n) is 6.14. The number of aromatic nitrogens is 2. The number of hydrogen-bond acceptors (Lipinski definition) is 5. The van der Waals surface area contributed by atoms with Gasteiger partial charge in [-0.05, 0) is 39.0 Å². The summed E-state index contributed by atoms with van der Waals surface area (Å²) < 4.78 is 5.43. The molecule has 0 atom stereocenters. The average Bonchev–Trinajstić information content (AvgIpc) is 3.34. The number of ether oxygens (including phenoxy) is 1. The van der Waals surface area contributed by atoms with Gasteiger partial charge in [0.2, 0.25) is 0 Å². The monoisotopic (exact) mass is 290 g/mol. The molecule has 5 nitrogen and oxygen atoms in total. The van der Waals surface area contributed by atoms with Crippen molar-refractivity contribution in [1.29, 1.82) is 0 Å². The Morgan fingerprint density at radius 2 is 1.81 bits per heavy atom. The third-order valence-corrected chi connectivity index (χ3v) is 4.21. The molecule has 1 aromatic heterocycles. The van der Waals surface area contributed by atoms with Gasteiger partial charge in [-0.2, -0.15) is 0 Å². The normalized spacial score (nSPS) is 19.5. The van der Waals surface area contributed by atoms with E-state index in [2.05, 4.69) is 24.5 Å². The van der Waals surface area contributed by atoms with Gasteiger partial charge >= 0.3 is 0 Å². The maximum absolute atomic E-state index is 5.43. The molecule has 2 fully saturated rings. The van der Waals surface area contributed by atoms with E-state index in [4.69, 9.17) is 14.7 Å². The highest BCUT2D eigenvalue weighted by atomic mass is 16.5. The van der Waals surface area contributed by atoms with Gasteiger partial charge < -0.3 is 15.4 Å². The van der Waals surface area contributed by atoms with Gasteiger partial charge in [-0.15, -0.1) is 0 Å². The smallest absolute Gasteiger partial charge is 0.136 e. The number of nitrogens with one attached hydrogen (secondary N) is 2. The molecule has 0 aromatic carbocycles. The van der Waals surface area contributed by atoms with Crippen LogP contribution in [0.5, 0.6) is 0 Å². The summed E-state index contributed by atoms with van der Waals surface area (Å²) in [5, 5.41) is 7.07. The zero-order chi connectivity index (χ0) is 14.7. The fraction of sp³-hybridized carbons (Fsp3) is 0.750. The third-order valence-electron chi connectivity index (χ3n) is 4.21. The molecule has 3 rings (SSSR count). The molecule has 0 spiro atoms. The first-order chi connectivity index (χ1) is 10.3. The Labute approximate surface area is 126 Å². The summed E-state index contributed by atoms with van der Waals surface area (Å²) in [4.78, 5) is 9.53. The molecule has 0 bridgehead atoms. The van der Waals surface area contributed by atoms with Crippen LogP contribution in [-0.4, -0.2) is 35.8 Å². The van der Waals surface area contributed by atoms with E-state index in [0.29, 0.717) is 12.0 Å². The van der Waals surface area contributed by atoms with Crippen LogP contribution in [0.25, 0.3) is 0 Å². The van der Waals surface area contributed by atoms with Gasteiger partial charge in [0.25, 0.3) is 0 Å². The molecule has 21 heavy (non-hydrogen) atoms. The Hall–Kier alpha value is -1.36. The van der Waals surface area contributed by atoms with Crippen LogP contribution in [0.2, 0.25) is 0 Å². The molecule has 0 amide bonds. The van der Waals surface area contributed by atoms with E-state index in [-0.39, 0.29) is 0 Å². The van der Waals surface area contributed by atoms with E-state index in [1.807, 2.05) is 0 Å². The van der Waals surface area contributed by atoms with Crippen LogP contribution in [0.15, 0.2) is 0 Å². The zero-order valence-corrected chi connectivity index (χ0v) is 13.1. The Bertz CT molecular complexity index is 481. The Morgan fingerprint density at radius 3 is 2.48 bits per heavy atom. The van der Waals surface area contributed by atoms with Crippen molar-refractivity contribution >= 4 is 11.6 Å². The highest BCUT2D eigenvalue weighted by Crippen LogP contribution is 2.39. The Balaban J connectivity index is 1.80. The summed E-state index contributed by atoms with van der Waals surface area (Å²) in [6.45, 7) is 6.93.